The second-order valence-electron chi connectivity index (χ2n) is 16.0. The molecule has 0 unspecified atom stereocenters. The zero-order valence-corrected chi connectivity index (χ0v) is 32.4. The Hall–Kier alpha value is -2.99. The molecule has 1 saturated carbocycles. The Morgan fingerprint density at radius 1 is 0.981 bits per heavy atom. The Labute approximate surface area is 320 Å². The number of carbonyl (C=O) groups is 1. The predicted octanol–water partition coefficient (Wildman–Crippen LogP) is 3.08. The molecule has 1 amide bonds. The third-order valence-electron chi connectivity index (χ3n) is 11.9. The largest absolute Gasteiger partial charge is 1.00 e. The van der Waals surface area contributed by atoms with Crippen molar-refractivity contribution in [1.29, 1.82) is 0 Å². The van der Waals surface area contributed by atoms with Gasteiger partial charge in [-0.25, -0.2) is 0 Å². The third-order valence-corrected chi connectivity index (χ3v) is 11.9. The summed E-state index contributed by atoms with van der Waals surface area (Å²) in [7, 11) is 0. The van der Waals surface area contributed by atoms with Gasteiger partial charge >= 0.3 is 0 Å². The van der Waals surface area contributed by atoms with Crippen LogP contribution in [0.1, 0.15) is 81.6 Å². The van der Waals surface area contributed by atoms with E-state index in [9.17, 15) is 20.1 Å². The van der Waals surface area contributed by atoms with Gasteiger partial charge < -0.3 is 56.9 Å². The summed E-state index contributed by atoms with van der Waals surface area (Å²) in [6, 6.07) is 23.2. The van der Waals surface area contributed by atoms with Crippen molar-refractivity contribution < 1.29 is 51.1 Å². The van der Waals surface area contributed by atoms with Crippen LogP contribution in [0.4, 0.5) is 5.69 Å². The Morgan fingerprint density at radius 2 is 1.69 bits per heavy atom. The number of ether oxygens (including phenoxy) is 2. The summed E-state index contributed by atoms with van der Waals surface area (Å²) in [6.45, 7) is 10.1. The number of rotatable bonds is 18. The van der Waals surface area contributed by atoms with Gasteiger partial charge in [0.2, 0.25) is 6.41 Å². The van der Waals surface area contributed by atoms with Crippen LogP contribution in [0.25, 0.3) is 0 Å². The van der Waals surface area contributed by atoms with Crippen LogP contribution in [0.2, 0.25) is 0 Å². The maximum atomic E-state index is 12.0. The highest BCUT2D eigenvalue weighted by atomic mass is 79.9. The third kappa shape index (κ3) is 9.95. The molecule has 3 atom stereocenters. The lowest BCUT2D eigenvalue weighted by atomic mass is 9.80. The van der Waals surface area contributed by atoms with Crippen LogP contribution in [-0.4, -0.2) is 83.8 Å². The van der Waals surface area contributed by atoms with E-state index in [1.807, 2.05) is 30.3 Å². The highest BCUT2D eigenvalue weighted by molar-refractivity contribution is 5.75. The van der Waals surface area contributed by atoms with Crippen LogP contribution in [0, 0.1) is 11.8 Å². The molecular formula is C42H58BrN3O6. The molecule has 2 bridgehead atoms. The van der Waals surface area contributed by atoms with E-state index in [0.29, 0.717) is 37.6 Å². The van der Waals surface area contributed by atoms with Gasteiger partial charge in [0.05, 0.1) is 44.6 Å². The van der Waals surface area contributed by atoms with Crippen LogP contribution in [0.5, 0.6) is 11.5 Å². The number of amides is 1. The number of aliphatic hydroxyl groups is 2. The number of hydrogen-bond donors (Lipinski definition) is 5. The average molecular weight is 781 g/mol. The van der Waals surface area contributed by atoms with Crippen molar-refractivity contribution in [1.82, 2.24) is 5.32 Å². The molecule has 52 heavy (non-hydrogen) atoms. The van der Waals surface area contributed by atoms with E-state index in [2.05, 4.69) is 48.7 Å². The number of halogens is 1. The van der Waals surface area contributed by atoms with Crippen LogP contribution < -0.4 is 32.4 Å². The van der Waals surface area contributed by atoms with Gasteiger partial charge in [-0.05, 0) is 80.0 Å². The Kier molecular flexibility index (Phi) is 13.8. The molecule has 0 radical (unpaired) electrons. The maximum absolute atomic E-state index is 12.0. The standard InChI is InChI=1S/C42H57N3O6.BrH/c1-41(2,44-27-39(48)33-15-18-38(47)37(25-33)43-30-46)26-31-13-16-36(17-14-31)50-24-8-21-45-22-19-32(20-23-45)40(28-45)51-29-42(49,35-11-6-7-12-35)34-9-4-3-5-10-34;/h3-5,9-10,13-18,25,30,32,35,39-40,44,48-49H,6-8,11-12,19-24,26-29H2,1-2H3,(H-,43,46,47);1H/t32?,39-,40-,42+,45?;/m0./s1. The van der Waals surface area contributed by atoms with E-state index in [4.69, 9.17) is 9.47 Å². The molecule has 3 heterocycles. The molecule has 10 heteroatoms. The Bertz CT molecular complexity index is 1560. The minimum absolute atomic E-state index is 0. The fraction of sp³-hybridized carbons (Fsp3) is 0.548. The summed E-state index contributed by atoms with van der Waals surface area (Å²) in [4.78, 5) is 10.8. The zero-order valence-electron chi connectivity index (χ0n) is 30.8. The molecule has 0 aromatic heterocycles. The minimum atomic E-state index is -0.914. The van der Waals surface area contributed by atoms with Crippen molar-refractivity contribution in [3.63, 3.8) is 0 Å². The number of nitrogens with one attached hydrogen (secondary N) is 2. The first-order chi connectivity index (χ1) is 24.6. The number of hydrogen-bond acceptors (Lipinski definition) is 7. The summed E-state index contributed by atoms with van der Waals surface area (Å²) in [6.07, 6.45) is 8.56. The molecule has 3 aromatic rings. The molecule has 4 fully saturated rings. The van der Waals surface area contributed by atoms with E-state index >= 15 is 0 Å². The first-order valence-corrected chi connectivity index (χ1v) is 19.0. The van der Waals surface area contributed by atoms with Gasteiger partial charge in [-0.1, -0.05) is 61.4 Å². The molecule has 3 saturated heterocycles. The van der Waals surface area contributed by atoms with Gasteiger partial charge in [-0.2, -0.15) is 0 Å². The quantitative estimate of drug-likeness (QED) is 0.0583. The lowest BCUT2D eigenvalue weighted by molar-refractivity contribution is -0.946. The molecule has 9 nitrogen and oxygen atoms in total. The van der Waals surface area contributed by atoms with Gasteiger partial charge in [0.1, 0.15) is 29.7 Å². The smallest absolute Gasteiger partial charge is 0.211 e. The summed E-state index contributed by atoms with van der Waals surface area (Å²) < 4.78 is 14.0. The van der Waals surface area contributed by atoms with Crippen molar-refractivity contribution in [3.8, 4) is 11.5 Å². The van der Waals surface area contributed by atoms with Crippen molar-refractivity contribution in [2.24, 2.45) is 11.8 Å². The number of aliphatic hydroxyl groups excluding tert-OH is 1. The van der Waals surface area contributed by atoms with Gasteiger partial charge in [-0.15, -0.1) is 0 Å². The highest BCUT2D eigenvalue weighted by Gasteiger charge is 2.48. The first kappa shape index (κ1) is 40.2. The number of fused-ring (bicyclic) bond motifs is 3. The number of piperidine rings is 3. The van der Waals surface area contributed by atoms with E-state index in [0.717, 1.165) is 54.6 Å². The number of aromatic hydroxyl groups is 1. The number of nitrogens with zero attached hydrogens (tertiary/aromatic N) is 1. The van der Waals surface area contributed by atoms with E-state index < -0.39 is 11.7 Å². The second kappa shape index (κ2) is 17.9. The minimum Gasteiger partial charge on any atom is -1.00 e. The van der Waals surface area contributed by atoms with Gasteiger partial charge in [0.25, 0.3) is 0 Å². The Balaban J connectivity index is 0.00000523. The molecule has 0 spiro atoms. The van der Waals surface area contributed by atoms with Crippen LogP contribution in [0.15, 0.2) is 72.8 Å². The summed E-state index contributed by atoms with van der Waals surface area (Å²) in [5.74, 6) is 1.68. The van der Waals surface area contributed by atoms with Gasteiger partial charge in [-0.3, -0.25) is 4.79 Å². The summed E-state index contributed by atoms with van der Waals surface area (Å²) >= 11 is 0. The predicted molar refractivity (Wildman–Crippen MR) is 200 cm³/mol. The van der Waals surface area contributed by atoms with Gasteiger partial charge in [0, 0.05) is 37.3 Å². The average Bonchev–Trinajstić information content (AvgIpc) is 3.70. The van der Waals surface area contributed by atoms with Crippen molar-refractivity contribution in [2.75, 3.05) is 51.3 Å². The molecule has 7 rings (SSSR count). The van der Waals surface area contributed by atoms with Crippen molar-refractivity contribution in [3.05, 3.63) is 89.5 Å². The normalized spacial score (nSPS) is 23.4. The summed E-state index contributed by atoms with van der Waals surface area (Å²) in [5.41, 5.74) is 1.85. The zero-order chi connectivity index (χ0) is 35.9. The SMILES string of the molecule is CC(C)(Cc1ccc(OCCC[N+]23CCC(CC2)[C@@H](OC[C@@](O)(c2ccccc2)C2CCCC2)C3)cc1)NC[C@H](O)c1ccc(O)c(NC=O)c1.[Br-]. The van der Waals surface area contributed by atoms with Gasteiger partial charge in [0.15, 0.2) is 0 Å². The number of β-amino-alcohol motifs (C(OH)–C–C–N with tert-alkyl or cyclic N) is 1. The van der Waals surface area contributed by atoms with Crippen LogP contribution in [0.3, 0.4) is 0 Å². The van der Waals surface area contributed by atoms with E-state index in [-0.39, 0.29) is 46.0 Å². The molecule has 4 aliphatic rings. The number of anilines is 1. The summed E-state index contributed by atoms with van der Waals surface area (Å²) in [5, 5.41) is 38.6. The van der Waals surface area contributed by atoms with Crippen LogP contribution in [-0.2, 0) is 21.6 Å². The number of quaternary nitrogens is 1. The van der Waals surface area contributed by atoms with Crippen molar-refractivity contribution in [2.45, 2.75) is 88.6 Å². The molecule has 3 aliphatic heterocycles. The second-order valence-corrected chi connectivity index (χ2v) is 16.0. The fourth-order valence-corrected chi connectivity index (χ4v) is 8.82. The number of phenolic OH excluding ortho intramolecular Hbond substituents is 1. The molecular weight excluding hydrogens is 722 g/mol. The highest BCUT2D eigenvalue weighted by Crippen LogP contribution is 2.43. The topological polar surface area (TPSA) is 120 Å². The van der Waals surface area contributed by atoms with Crippen LogP contribution >= 0.6 is 0 Å². The lowest BCUT2D eigenvalue weighted by Crippen LogP contribution is -3.00. The monoisotopic (exact) mass is 779 g/mol. The number of benzene rings is 3. The van der Waals surface area contributed by atoms with Crippen molar-refractivity contribution >= 4 is 12.1 Å². The maximum Gasteiger partial charge on any atom is 0.211 e. The Morgan fingerprint density at radius 3 is 2.38 bits per heavy atom. The number of carbonyl (C=O) groups excluding carboxylic acids is 1. The molecule has 3 aromatic carbocycles. The van der Waals surface area contributed by atoms with E-state index in [1.165, 1.54) is 50.4 Å². The lowest BCUT2D eigenvalue weighted by Gasteiger charge is -2.53. The van der Waals surface area contributed by atoms with E-state index in [1.54, 1.807) is 12.1 Å². The molecule has 5 N–H and O–H groups in total. The number of phenols is 1. The first-order valence-electron chi connectivity index (χ1n) is 19.0. The molecule has 1 aliphatic carbocycles. The fourth-order valence-electron chi connectivity index (χ4n) is 8.82. The molecule has 284 valence electrons.